The fourth-order valence-corrected chi connectivity index (χ4v) is 1.91. The quantitative estimate of drug-likeness (QED) is 0.830. The Morgan fingerprint density at radius 2 is 1.94 bits per heavy atom. The molecule has 1 heterocycles. The number of nitrogens with zero attached hydrogens (tertiary/aromatic N) is 2. The van der Waals surface area contributed by atoms with Crippen LogP contribution in [0.25, 0.3) is 11.1 Å². The number of aromatic nitrogens is 2. The summed E-state index contributed by atoms with van der Waals surface area (Å²) < 4.78 is 0. The van der Waals surface area contributed by atoms with Gasteiger partial charge in [-0.3, -0.25) is 0 Å². The SMILES string of the molecule is CNc1ncnc(C)c1-c1ccc(O)cc1C. The third-order valence-electron chi connectivity index (χ3n) is 2.75. The van der Waals surface area contributed by atoms with Crippen molar-refractivity contribution in [2.24, 2.45) is 0 Å². The summed E-state index contributed by atoms with van der Waals surface area (Å²) in [6.45, 7) is 3.91. The van der Waals surface area contributed by atoms with E-state index in [0.29, 0.717) is 0 Å². The van der Waals surface area contributed by atoms with Crippen LogP contribution in [-0.4, -0.2) is 22.1 Å². The first kappa shape index (κ1) is 11.4. The van der Waals surface area contributed by atoms with Crippen LogP contribution in [0.3, 0.4) is 0 Å². The molecule has 2 aromatic rings. The molecule has 1 aromatic carbocycles. The minimum atomic E-state index is 0.270. The van der Waals surface area contributed by atoms with Gasteiger partial charge >= 0.3 is 0 Å². The normalized spacial score (nSPS) is 10.3. The average molecular weight is 229 g/mol. The van der Waals surface area contributed by atoms with E-state index in [9.17, 15) is 5.11 Å². The fraction of sp³-hybridized carbons (Fsp3) is 0.231. The second kappa shape index (κ2) is 4.41. The lowest BCUT2D eigenvalue weighted by Crippen LogP contribution is -2.00. The Labute approximate surface area is 100 Å². The van der Waals surface area contributed by atoms with Crippen molar-refractivity contribution in [3.8, 4) is 16.9 Å². The van der Waals surface area contributed by atoms with Gasteiger partial charge in [0.05, 0.1) is 5.69 Å². The number of aryl methyl sites for hydroxylation is 2. The molecule has 0 radical (unpaired) electrons. The highest BCUT2D eigenvalue weighted by atomic mass is 16.3. The largest absolute Gasteiger partial charge is 0.508 e. The van der Waals surface area contributed by atoms with Gasteiger partial charge in [-0.15, -0.1) is 0 Å². The number of phenols is 1. The number of phenolic OH excluding ortho intramolecular Hbond substituents is 1. The topological polar surface area (TPSA) is 58.0 Å². The zero-order chi connectivity index (χ0) is 12.4. The van der Waals surface area contributed by atoms with Gasteiger partial charge in [-0.25, -0.2) is 9.97 Å². The molecule has 0 amide bonds. The zero-order valence-electron chi connectivity index (χ0n) is 10.2. The van der Waals surface area contributed by atoms with E-state index < -0.39 is 0 Å². The summed E-state index contributed by atoms with van der Waals surface area (Å²) in [5.74, 6) is 1.07. The van der Waals surface area contributed by atoms with E-state index in [1.54, 1.807) is 18.5 Å². The third kappa shape index (κ3) is 2.06. The van der Waals surface area contributed by atoms with Crippen LogP contribution in [0.2, 0.25) is 0 Å². The van der Waals surface area contributed by atoms with Crippen LogP contribution in [0.4, 0.5) is 5.82 Å². The summed E-state index contributed by atoms with van der Waals surface area (Å²) in [7, 11) is 1.83. The molecule has 0 saturated heterocycles. The summed E-state index contributed by atoms with van der Waals surface area (Å²) in [6, 6.07) is 5.30. The first-order valence-corrected chi connectivity index (χ1v) is 5.43. The van der Waals surface area contributed by atoms with Gasteiger partial charge in [-0.2, -0.15) is 0 Å². The molecule has 4 nitrogen and oxygen atoms in total. The van der Waals surface area contributed by atoms with Gasteiger partial charge in [0.15, 0.2) is 0 Å². The molecule has 0 aliphatic heterocycles. The van der Waals surface area contributed by atoms with Crippen LogP contribution >= 0.6 is 0 Å². The molecular formula is C13H15N3O. The highest BCUT2D eigenvalue weighted by molar-refractivity contribution is 5.79. The molecular weight excluding hydrogens is 214 g/mol. The van der Waals surface area contributed by atoms with E-state index in [2.05, 4.69) is 15.3 Å². The lowest BCUT2D eigenvalue weighted by atomic mass is 9.99. The molecule has 0 bridgehead atoms. The Balaban J connectivity index is 2.67. The first-order chi connectivity index (χ1) is 8.13. The number of hydrogen-bond acceptors (Lipinski definition) is 4. The molecule has 0 aliphatic rings. The van der Waals surface area contributed by atoms with E-state index in [0.717, 1.165) is 28.2 Å². The Morgan fingerprint density at radius 1 is 1.18 bits per heavy atom. The molecule has 17 heavy (non-hydrogen) atoms. The maximum atomic E-state index is 9.43. The minimum absolute atomic E-state index is 0.270. The predicted molar refractivity (Wildman–Crippen MR) is 68.2 cm³/mol. The summed E-state index contributed by atoms with van der Waals surface area (Å²) >= 11 is 0. The second-order valence-electron chi connectivity index (χ2n) is 3.93. The number of benzene rings is 1. The molecule has 2 N–H and O–H groups in total. The molecule has 0 atom stereocenters. The summed E-state index contributed by atoms with van der Waals surface area (Å²) in [4.78, 5) is 8.43. The van der Waals surface area contributed by atoms with Gasteiger partial charge in [-0.1, -0.05) is 6.07 Å². The Bertz CT molecular complexity index is 552. The molecule has 0 saturated carbocycles. The van der Waals surface area contributed by atoms with Gasteiger partial charge in [0, 0.05) is 12.6 Å². The maximum absolute atomic E-state index is 9.43. The lowest BCUT2D eigenvalue weighted by Gasteiger charge is -2.12. The second-order valence-corrected chi connectivity index (χ2v) is 3.93. The monoisotopic (exact) mass is 229 g/mol. The Morgan fingerprint density at radius 3 is 2.59 bits per heavy atom. The maximum Gasteiger partial charge on any atom is 0.137 e. The van der Waals surface area contributed by atoms with Crippen molar-refractivity contribution in [3.63, 3.8) is 0 Å². The van der Waals surface area contributed by atoms with E-state index in [1.165, 1.54) is 0 Å². The molecule has 2 rings (SSSR count). The molecule has 88 valence electrons. The molecule has 0 unspecified atom stereocenters. The van der Waals surface area contributed by atoms with Crippen LogP contribution in [0.5, 0.6) is 5.75 Å². The van der Waals surface area contributed by atoms with Crippen LogP contribution in [0.1, 0.15) is 11.3 Å². The zero-order valence-corrected chi connectivity index (χ0v) is 10.2. The molecule has 1 aromatic heterocycles. The van der Waals surface area contributed by atoms with E-state index in [-0.39, 0.29) is 5.75 Å². The van der Waals surface area contributed by atoms with Crippen molar-refractivity contribution in [1.29, 1.82) is 0 Å². The standard InChI is InChI=1S/C13H15N3O/c1-8-6-10(17)4-5-11(8)12-9(2)15-7-16-13(12)14-3/h4-7,17H,1-3H3,(H,14,15,16). The predicted octanol–water partition coefficient (Wildman–Crippen LogP) is 2.51. The summed E-state index contributed by atoms with van der Waals surface area (Å²) in [5, 5.41) is 12.5. The van der Waals surface area contributed by atoms with Gasteiger partial charge in [0.2, 0.25) is 0 Å². The van der Waals surface area contributed by atoms with Gasteiger partial charge < -0.3 is 10.4 Å². The smallest absolute Gasteiger partial charge is 0.137 e. The fourth-order valence-electron chi connectivity index (χ4n) is 1.91. The molecule has 4 heteroatoms. The summed E-state index contributed by atoms with van der Waals surface area (Å²) in [6.07, 6.45) is 1.54. The molecule has 0 fully saturated rings. The van der Waals surface area contributed by atoms with E-state index in [4.69, 9.17) is 0 Å². The number of hydrogen-bond donors (Lipinski definition) is 2. The van der Waals surface area contributed by atoms with Crippen molar-refractivity contribution in [1.82, 2.24) is 9.97 Å². The third-order valence-corrected chi connectivity index (χ3v) is 2.75. The first-order valence-electron chi connectivity index (χ1n) is 5.43. The van der Waals surface area contributed by atoms with Gasteiger partial charge in [0.25, 0.3) is 0 Å². The Hall–Kier alpha value is -2.10. The van der Waals surface area contributed by atoms with Crippen LogP contribution in [0.15, 0.2) is 24.5 Å². The van der Waals surface area contributed by atoms with Crippen molar-refractivity contribution >= 4 is 5.82 Å². The van der Waals surface area contributed by atoms with Crippen LogP contribution < -0.4 is 5.32 Å². The highest BCUT2D eigenvalue weighted by Gasteiger charge is 2.12. The number of rotatable bonds is 2. The van der Waals surface area contributed by atoms with Gasteiger partial charge in [-0.05, 0) is 37.1 Å². The van der Waals surface area contributed by atoms with Crippen molar-refractivity contribution in [2.45, 2.75) is 13.8 Å². The number of aromatic hydroxyl groups is 1. The van der Waals surface area contributed by atoms with Crippen molar-refractivity contribution in [2.75, 3.05) is 12.4 Å². The van der Waals surface area contributed by atoms with E-state index >= 15 is 0 Å². The number of anilines is 1. The Kier molecular flexibility index (Phi) is 2.95. The van der Waals surface area contributed by atoms with Crippen molar-refractivity contribution < 1.29 is 5.11 Å². The lowest BCUT2D eigenvalue weighted by molar-refractivity contribution is 0.475. The molecule has 0 aliphatic carbocycles. The minimum Gasteiger partial charge on any atom is -0.508 e. The number of nitrogens with one attached hydrogen (secondary N) is 1. The molecule has 0 spiro atoms. The average Bonchev–Trinajstić information content (AvgIpc) is 2.30. The highest BCUT2D eigenvalue weighted by Crippen LogP contribution is 2.32. The summed E-state index contributed by atoms with van der Waals surface area (Å²) in [5.41, 5.74) is 3.93. The van der Waals surface area contributed by atoms with E-state index in [1.807, 2.05) is 27.0 Å². The van der Waals surface area contributed by atoms with Crippen molar-refractivity contribution in [3.05, 3.63) is 35.8 Å². The van der Waals surface area contributed by atoms with Gasteiger partial charge in [0.1, 0.15) is 17.9 Å². The van der Waals surface area contributed by atoms with Crippen LogP contribution in [0, 0.1) is 13.8 Å². The van der Waals surface area contributed by atoms with Crippen LogP contribution in [-0.2, 0) is 0 Å².